The molecule has 0 aromatic heterocycles. The molecule has 0 radical (unpaired) electrons. The van der Waals surface area contributed by atoms with Crippen molar-refractivity contribution in [3.63, 3.8) is 0 Å². The first-order valence-electron chi connectivity index (χ1n) is 5.56. The van der Waals surface area contributed by atoms with Gasteiger partial charge in [0.25, 0.3) is 0 Å². The molecule has 0 aliphatic carbocycles. The predicted octanol–water partition coefficient (Wildman–Crippen LogP) is 1.96. The number of carbonyl (C=O) groups is 2. The maximum absolute atomic E-state index is 11.6. The summed E-state index contributed by atoms with van der Waals surface area (Å²) in [5, 5.41) is 23.4. The van der Waals surface area contributed by atoms with Crippen LogP contribution < -0.4 is 10.6 Å². The summed E-state index contributed by atoms with van der Waals surface area (Å²) >= 11 is 1.61. The summed E-state index contributed by atoms with van der Waals surface area (Å²) in [6, 6.07) is 3.45. The standard InChI is InChI=1S/C12H16N2O4S/c1-7(6-19-2)13-12(18)14-8-3-4-10(15)9(5-8)11(16)17/h3-5,7,15H,6H2,1-2H3,(H,16,17)(H2,13,14,18). The van der Waals surface area contributed by atoms with Crippen LogP contribution in [0.1, 0.15) is 17.3 Å². The Labute approximate surface area is 115 Å². The summed E-state index contributed by atoms with van der Waals surface area (Å²) in [5.74, 6) is -0.810. The molecule has 1 rings (SSSR count). The number of thioether (sulfide) groups is 1. The lowest BCUT2D eigenvalue weighted by Gasteiger charge is -2.13. The summed E-state index contributed by atoms with van der Waals surface area (Å²) in [7, 11) is 0. The number of carboxylic acids is 1. The van der Waals surface area contributed by atoms with Crippen LogP contribution in [0, 0.1) is 0 Å². The average molecular weight is 284 g/mol. The molecule has 0 aliphatic heterocycles. The third kappa shape index (κ3) is 4.70. The average Bonchev–Trinajstić information content (AvgIpc) is 2.31. The number of anilines is 1. The van der Waals surface area contributed by atoms with E-state index >= 15 is 0 Å². The van der Waals surface area contributed by atoms with Crippen LogP contribution in [0.2, 0.25) is 0 Å². The van der Waals surface area contributed by atoms with E-state index in [1.54, 1.807) is 11.8 Å². The van der Waals surface area contributed by atoms with Crippen molar-refractivity contribution in [3.8, 4) is 5.75 Å². The van der Waals surface area contributed by atoms with Gasteiger partial charge in [-0.25, -0.2) is 9.59 Å². The molecule has 1 aromatic rings. The fourth-order valence-electron chi connectivity index (χ4n) is 1.47. The van der Waals surface area contributed by atoms with Gasteiger partial charge in [-0.3, -0.25) is 0 Å². The molecule has 4 N–H and O–H groups in total. The molecule has 0 saturated carbocycles. The van der Waals surface area contributed by atoms with E-state index in [9.17, 15) is 14.7 Å². The van der Waals surface area contributed by atoms with Crippen LogP contribution >= 0.6 is 11.8 Å². The molecule has 6 nitrogen and oxygen atoms in total. The van der Waals surface area contributed by atoms with Gasteiger partial charge in [-0.15, -0.1) is 0 Å². The van der Waals surface area contributed by atoms with Gasteiger partial charge in [0.2, 0.25) is 0 Å². The summed E-state index contributed by atoms with van der Waals surface area (Å²) in [6.07, 6.45) is 1.94. The maximum Gasteiger partial charge on any atom is 0.339 e. The van der Waals surface area contributed by atoms with Crippen LogP contribution in [0.15, 0.2) is 18.2 Å². The summed E-state index contributed by atoms with van der Waals surface area (Å²) < 4.78 is 0. The van der Waals surface area contributed by atoms with Crippen molar-refractivity contribution in [1.82, 2.24) is 5.32 Å². The van der Waals surface area contributed by atoms with Crippen molar-refractivity contribution in [2.75, 3.05) is 17.3 Å². The molecule has 1 unspecified atom stereocenters. The molecule has 1 atom stereocenters. The highest BCUT2D eigenvalue weighted by molar-refractivity contribution is 7.98. The Balaban J connectivity index is 2.69. The van der Waals surface area contributed by atoms with E-state index in [0.717, 1.165) is 5.75 Å². The third-order valence-corrected chi connectivity index (χ3v) is 3.11. The largest absolute Gasteiger partial charge is 0.507 e. The number of aromatic hydroxyl groups is 1. The summed E-state index contributed by atoms with van der Waals surface area (Å²) in [6.45, 7) is 1.87. The smallest absolute Gasteiger partial charge is 0.339 e. The minimum Gasteiger partial charge on any atom is -0.507 e. The Morgan fingerprint density at radius 2 is 2.11 bits per heavy atom. The van der Waals surface area contributed by atoms with Gasteiger partial charge in [0, 0.05) is 17.5 Å². The van der Waals surface area contributed by atoms with Crippen molar-refractivity contribution in [3.05, 3.63) is 23.8 Å². The molecule has 0 fully saturated rings. The van der Waals surface area contributed by atoms with Crippen molar-refractivity contribution in [2.24, 2.45) is 0 Å². The van der Waals surface area contributed by atoms with Crippen LogP contribution in [0.3, 0.4) is 0 Å². The number of phenols is 1. The van der Waals surface area contributed by atoms with Gasteiger partial charge in [-0.05, 0) is 31.4 Å². The lowest BCUT2D eigenvalue weighted by molar-refractivity contribution is 0.0693. The number of nitrogens with one attached hydrogen (secondary N) is 2. The Bertz CT molecular complexity index is 479. The van der Waals surface area contributed by atoms with Crippen LogP contribution in [-0.4, -0.2) is 40.3 Å². The molecule has 0 heterocycles. The van der Waals surface area contributed by atoms with Crippen LogP contribution in [0.4, 0.5) is 10.5 Å². The van der Waals surface area contributed by atoms with Crippen LogP contribution in [-0.2, 0) is 0 Å². The predicted molar refractivity (Wildman–Crippen MR) is 75.1 cm³/mol. The van der Waals surface area contributed by atoms with E-state index in [-0.39, 0.29) is 17.4 Å². The fourth-order valence-corrected chi connectivity index (χ4v) is 2.05. The Morgan fingerprint density at radius 1 is 1.42 bits per heavy atom. The maximum atomic E-state index is 11.6. The number of hydrogen-bond donors (Lipinski definition) is 4. The SMILES string of the molecule is CSCC(C)NC(=O)Nc1ccc(O)c(C(=O)O)c1. The second kappa shape index (κ2) is 6.89. The first-order chi connectivity index (χ1) is 8.93. The van der Waals surface area contributed by atoms with Crippen molar-refractivity contribution in [1.29, 1.82) is 0 Å². The van der Waals surface area contributed by atoms with E-state index in [4.69, 9.17) is 5.11 Å². The number of carbonyl (C=O) groups excluding carboxylic acids is 1. The molecule has 7 heteroatoms. The highest BCUT2D eigenvalue weighted by atomic mass is 32.2. The number of benzene rings is 1. The lowest BCUT2D eigenvalue weighted by Crippen LogP contribution is -2.37. The molecule has 1 aromatic carbocycles. The first kappa shape index (κ1) is 15.2. The molecule has 0 saturated heterocycles. The van der Waals surface area contributed by atoms with E-state index in [1.807, 2.05) is 13.2 Å². The van der Waals surface area contributed by atoms with Gasteiger partial charge in [-0.1, -0.05) is 0 Å². The van der Waals surface area contributed by atoms with Gasteiger partial charge in [0.05, 0.1) is 0 Å². The van der Waals surface area contributed by atoms with Crippen molar-refractivity contribution >= 4 is 29.4 Å². The van der Waals surface area contributed by atoms with Gasteiger partial charge in [0.1, 0.15) is 11.3 Å². The molecule has 0 aliphatic rings. The number of amides is 2. The van der Waals surface area contributed by atoms with Crippen LogP contribution in [0.25, 0.3) is 0 Å². The second-order valence-electron chi connectivity index (χ2n) is 3.99. The number of urea groups is 1. The lowest BCUT2D eigenvalue weighted by atomic mass is 10.2. The minimum atomic E-state index is -1.25. The first-order valence-corrected chi connectivity index (χ1v) is 6.96. The third-order valence-electron chi connectivity index (χ3n) is 2.28. The summed E-state index contributed by atoms with van der Waals surface area (Å²) in [5.41, 5.74) is 0.0546. The number of carboxylic acid groups (broad SMARTS) is 1. The highest BCUT2D eigenvalue weighted by Crippen LogP contribution is 2.21. The number of rotatable bonds is 5. The van der Waals surface area contributed by atoms with Gasteiger partial charge in [0.15, 0.2) is 0 Å². The Hall–Kier alpha value is -1.89. The number of hydrogen-bond acceptors (Lipinski definition) is 4. The van der Waals surface area contributed by atoms with Gasteiger partial charge in [-0.2, -0.15) is 11.8 Å². The monoisotopic (exact) mass is 284 g/mol. The van der Waals surface area contributed by atoms with Crippen LogP contribution in [0.5, 0.6) is 5.75 Å². The van der Waals surface area contributed by atoms with E-state index in [2.05, 4.69) is 10.6 Å². The second-order valence-corrected chi connectivity index (χ2v) is 4.90. The molecule has 2 amide bonds. The van der Waals surface area contributed by atoms with E-state index in [1.165, 1.54) is 18.2 Å². The molecule has 19 heavy (non-hydrogen) atoms. The topological polar surface area (TPSA) is 98.7 Å². The number of aromatic carboxylic acids is 1. The van der Waals surface area contributed by atoms with Crippen molar-refractivity contribution in [2.45, 2.75) is 13.0 Å². The zero-order valence-electron chi connectivity index (χ0n) is 10.6. The van der Waals surface area contributed by atoms with Crippen molar-refractivity contribution < 1.29 is 19.8 Å². The summed E-state index contributed by atoms with van der Waals surface area (Å²) in [4.78, 5) is 22.5. The van der Waals surface area contributed by atoms with E-state index in [0.29, 0.717) is 5.69 Å². The van der Waals surface area contributed by atoms with Gasteiger partial charge < -0.3 is 20.8 Å². The molecular weight excluding hydrogens is 268 g/mol. The highest BCUT2D eigenvalue weighted by Gasteiger charge is 2.12. The van der Waals surface area contributed by atoms with E-state index < -0.39 is 12.0 Å². The molecular formula is C12H16N2O4S. The Kier molecular flexibility index (Phi) is 5.50. The molecule has 0 bridgehead atoms. The zero-order chi connectivity index (χ0) is 14.4. The Morgan fingerprint density at radius 3 is 2.68 bits per heavy atom. The fraction of sp³-hybridized carbons (Fsp3) is 0.333. The van der Waals surface area contributed by atoms with Gasteiger partial charge >= 0.3 is 12.0 Å². The molecule has 104 valence electrons. The normalized spacial score (nSPS) is 11.7. The molecule has 0 spiro atoms. The quantitative estimate of drug-likeness (QED) is 0.620. The minimum absolute atomic E-state index is 0.00561. The zero-order valence-corrected chi connectivity index (χ0v) is 11.5.